The molecule has 0 aromatic carbocycles. The molecule has 0 radical (unpaired) electrons. The van der Waals surface area contributed by atoms with Gasteiger partial charge in [-0.2, -0.15) is 0 Å². The molecule has 3 N–H and O–H groups in total. The molecule has 0 aliphatic heterocycles. The Balaban J connectivity index is 1.98. The van der Waals surface area contributed by atoms with Crippen LogP contribution in [0, 0.1) is 12.8 Å². The Morgan fingerprint density at radius 2 is 2.14 bits per heavy atom. The van der Waals surface area contributed by atoms with Crippen LogP contribution in [-0.2, 0) is 0 Å². The third-order valence-electron chi connectivity index (χ3n) is 2.54. The van der Waals surface area contributed by atoms with E-state index < -0.39 is 0 Å². The van der Waals surface area contributed by atoms with Crippen molar-refractivity contribution in [2.24, 2.45) is 11.7 Å². The van der Waals surface area contributed by atoms with E-state index in [-0.39, 0.29) is 0 Å². The number of aromatic nitrogens is 2. The molecule has 0 bridgehead atoms. The van der Waals surface area contributed by atoms with Crippen LogP contribution in [0.1, 0.15) is 18.4 Å². The zero-order chi connectivity index (χ0) is 9.97. The molecule has 14 heavy (non-hydrogen) atoms. The highest BCUT2D eigenvalue weighted by Crippen LogP contribution is 2.33. The van der Waals surface area contributed by atoms with Gasteiger partial charge in [0.05, 0.1) is 0 Å². The molecule has 1 atom stereocenters. The van der Waals surface area contributed by atoms with Crippen LogP contribution in [0.15, 0.2) is 12.4 Å². The van der Waals surface area contributed by atoms with E-state index in [9.17, 15) is 0 Å². The fraction of sp³-hybridized carbons (Fsp3) is 0.600. The molecule has 4 nitrogen and oxygen atoms in total. The molecule has 1 fully saturated rings. The lowest BCUT2D eigenvalue weighted by Crippen LogP contribution is -2.31. The van der Waals surface area contributed by atoms with Crippen LogP contribution in [0.3, 0.4) is 0 Å². The van der Waals surface area contributed by atoms with Gasteiger partial charge >= 0.3 is 0 Å². The quantitative estimate of drug-likeness (QED) is 0.745. The summed E-state index contributed by atoms with van der Waals surface area (Å²) in [4.78, 5) is 8.40. The Hall–Kier alpha value is -1.16. The third-order valence-corrected chi connectivity index (χ3v) is 2.54. The molecular weight excluding hydrogens is 176 g/mol. The molecule has 0 spiro atoms. The number of hydrogen-bond donors (Lipinski definition) is 2. The van der Waals surface area contributed by atoms with Gasteiger partial charge in [-0.05, 0) is 31.2 Å². The van der Waals surface area contributed by atoms with Gasteiger partial charge in [-0.15, -0.1) is 0 Å². The zero-order valence-electron chi connectivity index (χ0n) is 8.40. The van der Waals surface area contributed by atoms with Crippen LogP contribution in [0.2, 0.25) is 0 Å². The monoisotopic (exact) mass is 192 g/mol. The van der Waals surface area contributed by atoms with E-state index in [1.807, 2.05) is 19.3 Å². The molecule has 1 saturated carbocycles. The van der Waals surface area contributed by atoms with Crippen LogP contribution in [-0.4, -0.2) is 22.6 Å². The van der Waals surface area contributed by atoms with Crippen molar-refractivity contribution >= 4 is 5.95 Å². The van der Waals surface area contributed by atoms with Crippen LogP contribution >= 0.6 is 0 Å². The van der Waals surface area contributed by atoms with Gasteiger partial charge in [-0.3, -0.25) is 0 Å². The van der Waals surface area contributed by atoms with Crippen molar-refractivity contribution in [3.63, 3.8) is 0 Å². The lowest BCUT2D eigenvalue weighted by Gasteiger charge is -2.15. The first-order chi connectivity index (χ1) is 6.79. The van der Waals surface area contributed by atoms with Gasteiger partial charge < -0.3 is 11.1 Å². The van der Waals surface area contributed by atoms with E-state index in [0.717, 1.165) is 11.5 Å². The van der Waals surface area contributed by atoms with Crippen molar-refractivity contribution in [1.82, 2.24) is 9.97 Å². The first-order valence-corrected chi connectivity index (χ1v) is 5.05. The maximum absolute atomic E-state index is 5.67. The van der Waals surface area contributed by atoms with Crippen LogP contribution in [0.25, 0.3) is 0 Å². The lowest BCUT2D eigenvalue weighted by molar-refractivity contribution is 0.639. The topological polar surface area (TPSA) is 63.8 Å². The normalized spacial score (nSPS) is 17.9. The molecule has 0 amide bonds. The molecular formula is C10H16N4. The molecule has 76 valence electrons. The second-order valence-electron chi connectivity index (χ2n) is 3.91. The van der Waals surface area contributed by atoms with Crippen molar-refractivity contribution in [3.8, 4) is 0 Å². The number of anilines is 1. The Morgan fingerprint density at radius 3 is 2.64 bits per heavy atom. The number of hydrogen-bond acceptors (Lipinski definition) is 4. The Bertz CT molecular complexity index is 291. The molecule has 1 aromatic rings. The highest BCUT2D eigenvalue weighted by atomic mass is 15.1. The summed E-state index contributed by atoms with van der Waals surface area (Å²) in [5.41, 5.74) is 6.75. The Labute approximate surface area is 83.9 Å². The van der Waals surface area contributed by atoms with Gasteiger partial charge in [0.2, 0.25) is 5.95 Å². The number of nitrogens with one attached hydrogen (secondary N) is 1. The third kappa shape index (κ3) is 2.20. The highest BCUT2D eigenvalue weighted by molar-refractivity contribution is 5.27. The predicted octanol–water partition coefficient (Wildman–Crippen LogP) is 0.934. The summed E-state index contributed by atoms with van der Waals surface area (Å²) in [6, 6.07) is 0.345. The molecule has 1 aromatic heterocycles. The number of aryl methyl sites for hydroxylation is 1. The fourth-order valence-electron chi connectivity index (χ4n) is 1.50. The molecule has 4 heteroatoms. The summed E-state index contributed by atoms with van der Waals surface area (Å²) in [6.07, 6.45) is 6.19. The van der Waals surface area contributed by atoms with Crippen molar-refractivity contribution in [1.29, 1.82) is 0 Å². The molecule has 1 unspecified atom stereocenters. The van der Waals surface area contributed by atoms with Gasteiger partial charge in [-0.25, -0.2) is 9.97 Å². The summed E-state index contributed by atoms with van der Waals surface area (Å²) in [7, 11) is 0. The van der Waals surface area contributed by atoms with E-state index in [0.29, 0.717) is 18.5 Å². The maximum Gasteiger partial charge on any atom is 0.222 e. The Kier molecular flexibility index (Phi) is 2.63. The minimum absolute atomic E-state index is 0.345. The first-order valence-electron chi connectivity index (χ1n) is 5.05. The number of nitrogens with two attached hydrogens (primary N) is 1. The summed E-state index contributed by atoms with van der Waals surface area (Å²) < 4.78 is 0. The van der Waals surface area contributed by atoms with E-state index in [4.69, 9.17) is 5.73 Å². The maximum atomic E-state index is 5.67. The van der Waals surface area contributed by atoms with E-state index >= 15 is 0 Å². The van der Waals surface area contributed by atoms with E-state index in [2.05, 4.69) is 15.3 Å². The largest absolute Gasteiger partial charge is 0.350 e. The van der Waals surface area contributed by atoms with E-state index in [1.54, 1.807) is 0 Å². The Morgan fingerprint density at radius 1 is 1.50 bits per heavy atom. The van der Waals surface area contributed by atoms with Gasteiger partial charge in [0.1, 0.15) is 0 Å². The average molecular weight is 192 g/mol. The SMILES string of the molecule is Cc1cnc(NC(CN)C2CC2)nc1. The van der Waals surface area contributed by atoms with Gasteiger partial charge in [-0.1, -0.05) is 0 Å². The smallest absolute Gasteiger partial charge is 0.222 e. The second kappa shape index (κ2) is 3.92. The van der Waals surface area contributed by atoms with Crippen LogP contribution in [0.5, 0.6) is 0 Å². The van der Waals surface area contributed by atoms with Crippen LogP contribution in [0.4, 0.5) is 5.95 Å². The van der Waals surface area contributed by atoms with E-state index in [1.165, 1.54) is 12.8 Å². The highest BCUT2D eigenvalue weighted by Gasteiger charge is 2.30. The average Bonchev–Trinajstić information content (AvgIpc) is 3.01. The number of nitrogens with zero attached hydrogens (tertiary/aromatic N) is 2. The molecule has 1 aliphatic carbocycles. The molecule has 1 aliphatic rings. The van der Waals surface area contributed by atoms with Crippen molar-refractivity contribution in [3.05, 3.63) is 18.0 Å². The molecule has 2 rings (SSSR count). The summed E-state index contributed by atoms with van der Waals surface area (Å²) in [5.74, 6) is 1.42. The minimum atomic E-state index is 0.345. The van der Waals surface area contributed by atoms with Crippen molar-refractivity contribution in [2.45, 2.75) is 25.8 Å². The first kappa shape index (κ1) is 9.40. The summed E-state index contributed by atoms with van der Waals surface area (Å²) in [5, 5.41) is 3.27. The fourth-order valence-corrected chi connectivity index (χ4v) is 1.50. The van der Waals surface area contributed by atoms with Gasteiger partial charge in [0.15, 0.2) is 0 Å². The standard InChI is InChI=1S/C10H16N4/c1-7-5-12-10(13-6-7)14-9(4-11)8-2-3-8/h5-6,8-9H,2-4,11H2,1H3,(H,12,13,14). The summed E-state index contributed by atoms with van der Waals surface area (Å²) in [6.45, 7) is 2.63. The van der Waals surface area contributed by atoms with Gasteiger partial charge in [0.25, 0.3) is 0 Å². The van der Waals surface area contributed by atoms with Crippen molar-refractivity contribution < 1.29 is 0 Å². The lowest BCUT2D eigenvalue weighted by atomic mass is 10.2. The minimum Gasteiger partial charge on any atom is -0.350 e. The van der Waals surface area contributed by atoms with Gasteiger partial charge in [0, 0.05) is 25.0 Å². The zero-order valence-corrected chi connectivity index (χ0v) is 8.40. The molecule has 0 saturated heterocycles. The molecule has 1 heterocycles. The van der Waals surface area contributed by atoms with Crippen molar-refractivity contribution in [2.75, 3.05) is 11.9 Å². The summed E-state index contributed by atoms with van der Waals surface area (Å²) >= 11 is 0. The number of rotatable bonds is 4. The van der Waals surface area contributed by atoms with Crippen LogP contribution < -0.4 is 11.1 Å². The predicted molar refractivity (Wildman–Crippen MR) is 56.0 cm³/mol. The second-order valence-corrected chi connectivity index (χ2v) is 3.91.